The third kappa shape index (κ3) is 10.5. The standard InChI is InChI=1S/C35H48O3/c1-4-6-7-8-9-10-11-12-24-37-34-23-22-32-25-30(18-21-33(32)26-34)15-14-29-16-19-31(20-17-29)35(36)38-27-28(3)13-5-2/h16-23,25-26,28H,4-15,24,27H2,1-3H3/t28-/m1/s1. The Kier molecular flexibility index (Phi) is 13.2. The third-order valence-electron chi connectivity index (χ3n) is 7.32. The van der Waals surface area contributed by atoms with Crippen LogP contribution in [0, 0.1) is 5.92 Å². The molecule has 3 rings (SSSR count). The van der Waals surface area contributed by atoms with Crippen molar-refractivity contribution in [3.63, 3.8) is 0 Å². The van der Waals surface area contributed by atoms with Gasteiger partial charge in [-0.15, -0.1) is 0 Å². The largest absolute Gasteiger partial charge is 0.494 e. The van der Waals surface area contributed by atoms with Crippen molar-refractivity contribution in [3.05, 3.63) is 77.4 Å². The van der Waals surface area contributed by atoms with Crippen molar-refractivity contribution in [2.45, 2.75) is 97.8 Å². The Bertz CT molecular complexity index is 1090. The zero-order valence-corrected chi connectivity index (χ0v) is 24.0. The Morgan fingerprint density at radius 2 is 1.34 bits per heavy atom. The smallest absolute Gasteiger partial charge is 0.338 e. The molecule has 0 unspecified atom stereocenters. The molecule has 3 aromatic carbocycles. The van der Waals surface area contributed by atoms with Gasteiger partial charge in [-0.3, -0.25) is 0 Å². The number of hydrogen-bond donors (Lipinski definition) is 0. The quantitative estimate of drug-likeness (QED) is 0.125. The average Bonchev–Trinajstić information content (AvgIpc) is 2.94. The fraction of sp³-hybridized carbons (Fsp3) is 0.514. The Morgan fingerprint density at radius 3 is 2.08 bits per heavy atom. The molecule has 38 heavy (non-hydrogen) atoms. The molecular weight excluding hydrogens is 468 g/mol. The Morgan fingerprint density at radius 1 is 0.711 bits per heavy atom. The predicted molar refractivity (Wildman–Crippen MR) is 160 cm³/mol. The highest BCUT2D eigenvalue weighted by atomic mass is 16.5. The minimum absolute atomic E-state index is 0.227. The molecule has 0 spiro atoms. The number of unbranched alkanes of at least 4 members (excludes halogenated alkanes) is 7. The molecule has 0 heterocycles. The summed E-state index contributed by atoms with van der Waals surface area (Å²) in [5.74, 6) is 1.14. The Hall–Kier alpha value is -2.81. The third-order valence-corrected chi connectivity index (χ3v) is 7.32. The molecule has 3 nitrogen and oxygen atoms in total. The summed E-state index contributed by atoms with van der Waals surface area (Å²) in [6.45, 7) is 7.83. The molecule has 0 amide bonds. The lowest BCUT2D eigenvalue weighted by molar-refractivity contribution is 0.0443. The van der Waals surface area contributed by atoms with Crippen LogP contribution >= 0.6 is 0 Å². The van der Waals surface area contributed by atoms with Crippen LogP contribution < -0.4 is 4.74 Å². The summed E-state index contributed by atoms with van der Waals surface area (Å²) >= 11 is 0. The second-order valence-electron chi connectivity index (χ2n) is 10.9. The molecule has 0 saturated heterocycles. The summed E-state index contributed by atoms with van der Waals surface area (Å²) < 4.78 is 11.5. The van der Waals surface area contributed by atoms with Gasteiger partial charge in [0, 0.05) is 0 Å². The van der Waals surface area contributed by atoms with Gasteiger partial charge in [0.1, 0.15) is 5.75 Å². The van der Waals surface area contributed by atoms with Gasteiger partial charge in [-0.25, -0.2) is 4.79 Å². The highest BCUT2D eigenvalue weighted by molar-refractivity contribution is 5.89. The fourth-order valence-electron chi connectivity index (χ4n) is 4.92. The number of rotatable bonds is 18. The van der Waals surface area contributed by atoms with Crippen LogP contribution in [-0.2, 0) is 17.6 Å². The van der Waals surface area contributed by atoms with E-state index in [1.165, 1.54) is 66.8 Å². The van der Waals surface area contributed by atoms with E-state index in [1.54, 1.807) is 0 Å². The molecule has 0 N–H and O–H groups in total. The molecular formula is C35H48O3. The van der Waals surface area contributed by atoms with Crippen molar-refractivity contribution in [3.8, 4) is 5.75 Å². The number of carbonyl (C=O) groups is 1. The normalized spacial score (nSPS) is 12.0. The lowest BCUT2D eigenvalue weighted by Gasteiger charge is -2.11. The van der Waals surface area contributed by atoms with E-state index in [1.807, 2.05) is 24.3 Å². The molecule has 206 valence electrons. The van der Waals surface area contributed by atoms with Crippen LogP contribution in [0.25, 0.3) is 10.8 Å². The first kappa shape index (κ1) is 29.7. The summed E-state index contributed by atoms with van der Waals surface area (Å²) in [6.07, 6.45) is 14.6. The van der Waals surface area contributed by atoms with E-state index in [2.05, 4.69) is 57.2 Å². The first-order chi connectivity index (χ1) is 18.6. The van der Waals surface area contributed by atoms with E-state index in [4.69, 9.17) is 9.47 Å². The maximum absolute atomic E-state index is 12.3. The lowest BCUT2D eigenvalue weighted by atomic mass is 10.0. The Labute approximate surface area is 230 Å². The fourth-order valence-corrected chi connectivity index (χ4v) is 4.92. The van der Waals surface area contributed by atoms with Crippen LogP contribution in [0.5, 0.6) is 5.75 Å². The molecule has 0 radical (unpaired) electrons. The van der Waals surface area contributed by atoms with Crippen molar-refractivity contribution in [1.29, 1.82) is 0 Å². The van der Waals surface area contributed by atoms with Gasteiger partial charge in [-0.2, -0.15) is 0 Å². The molecule has 0 fully saturated rings. The topological polar surface area (TPSA) is 35.5 Å². The zero-order chi connectivity index (χ0) is 27.0. The first-order valence-electron chi connectivity index (χ1n) is 15.0. The van der Waals surface area contributed by atoms with Crippen molar-refractivity contribution < 1.29 is 14.3 Å². The van der Waals surface area contributed by atoms with Gasteiger partial charge in [0.25, 0.3) is 0 Å². The highest BCUT2D eigenvalue weighted by Gasteiger charge is 2.10. The lowest BCUT2D eigenvalue weighted by Crippen LogP contribution is -2.12. The maximum atomic E-state index is 12.3. The van der Waals surface area contributed by atoms with Crippen LogP contribution in [0.3, 0.4) is 0 Å². The van der Waals surface area contributed by atoms with Gasteiger partial charge in [-0.1, -0.05) is 109 Å². The van der Waals surface area contributed by atoms with E-state index in [9.17, 15) is 4.79 Å². The summed E-state index contributed by atoms with van der Waals surface area (Å²) in [7, 11) is 0. The summed E-state index contributed by atoms with van der Waals surface area (Å²) in [5.41, 5.74) is 3.17. The minimum Gasteiger partial charge on any atom is -0.494 e. The van der Waals surface area contributed by atoms with Crippen LogP contribution in [0.2, 0.25) is 0 Å². The number of carbonyl (C=O) groups excluding carboxylic acids is 1. The van der Waals surface area contributed by atoms with Crippen molar-refractivity contribution in [2.75, 3.05) is 13.2 Å². The number of hydrogen-bond acceptors (Lipinski definition) is 3. The second-order valence-corrected chi connectivity index (χ2v) is 10.9. The van der Waals surface area contributed by atoms with Gasteiger partial charge >= 0.3 is 5.97 Å². The monoisotopic (exact) mass is 516 g/mol. The van der Waals surface area contributed by atoms with Crippen LogP contribution in [-0.4, -0.2) is 19.2 Å². The predicted octanol–water partition coefficient (Wildman–Crippen LogP) is 9.74. The average molecular weight is 517 g/mol. The van der Waals surface area contributed by atoms with Crippen LogP contribution in [0.4, 0.5) is 0 Å². The number of aryl methyl sites for hydroxylation is 2. The molecule has 0 aromatic heterocycles. The van der Waals surface area contributed by atoms with E-state index in [0.29, 0.717) is 18.1 Å². The molecule has 0 bridgehead atoms. The molecule has 0 aliphatic carbocycles. The SMILES string of the molecule is CCCCCCCCCCOc1ccc2cc(CCc3ccc(C(=O)OC[C@H](C)CCC)cc3)ccc2c1. The number of fused-ring (bicyclic) bond motifs is 1. The minimum atomic E-state index is -0.227. The van der Waals surface area contributed by atoms with Gasteiger partial charge in [0.15, 0.2) is 0 Å². The molecule has 0 aliphatic rings. The number of ether oxygens (including phenoxy) is 2. The molecule has 3 aromatic rings. The molecule has 0 saturated carbocycles. The summed E-state index contributed by atoms with van der Waals surface area (Å²) in [6, 6.07) is 21.0. The summed E-state index contributed by atoms with van der Waals surface area (Å²) in [5, 5.41) is 2.47. The van der Waals surface area contributed by atoms with Gasteiger partial charge < -0.3 is 9.47 Å². The van der Waals surface area contributed by atoms with Crippen molar-refractivity contribution in [2.24, 2.45) is 5.92 Å². The highest BCUT2D eigenvalue weighted by Crippen LogP contribution is 2.23. The second kappa shape index (κ2) is 16.9. The van der Waals surface area contributed by atoms with Crippen LogP contribution in [0.1, 0.15) is 106 Å². The van der Waals surface area contributed by atoms with Gasteiger partial charge in [-0.05, 0) is 77.8 Å². The van der Waals surface area contributed by atoms with E-state index in [-0.39, 0.29) is 5.97 Å². The van der Waals surface area contributed by atoms with Crippen molar-refractivity contribution >= 4 is 16.7 Å². The first-order valence-corrected chi connectivity index (χ1v) is 15.0. The zero-order valence-electron chi connectivity index (χ0n) is 24.0. The summed E-state index contributed by atoms with van der Waals surface area (Å²) in [4.78, 5) is 12.3. The molecule has 0 aliphatic heterocycles. The van der Waals surface area contributed by atoms with Crippen molar-refractivity contribution in [1.82, 2.24) is 0 Å². The number of esters is 1. The van der Waals surface area contributed by atoms with Gasteiger partial charge in [0.05, 0.1) is 18.8 Å². The maximum Gasteiger partial charge on any atom is 0.338 e. The number of benzene rings is 3. The molecule has 1 atom stereocenters. The Balaban J connectivity index is 1.40. The van der Waals surface area contributed by atoms with Crippen LogP contribution in [0.15, 0.2) is 60.7 Å². The van der Waals surface area contributed by atoms with Gasteiger partial charge in [0.2, 0.25) is 0 Å². The van der Waals surface area contributed by atoms with E-state index >= 15 is 0 Å². The molecule has 3 heteroatoms. The van der Waals surface area contributed by atoms with E-state index in [0.717, 1.165) is 44.5 Å². The van der Waals surface area contributed by atoms with E-state index < -0.39 is 0 Å².